The normalized spacial score (nSPS) is 19.9. The lowest BCUT2D eigenvalue weighted by molar-refractivity contribution is 0.239. The van der Waals surface area contributed by atoms with Crippen molar-refractivity contribution in [1.82, 2.24) is 0 Å². The summed E-state index contributed by atoms with van der Waals surface area (Å²) in [5.74, 6) is -0.430. The maximum atomic E-state index is 14.2. The summed E-state index contributed by atoms with van der Waals surface area (Å²) in [6.07, 6.45) is 14.3. The molecule has 0 aromatic heterocycles. The summed E-state index contributed by atoms with van der Waals surface area (Å²) in [4.78, 5) is 0. The van der Waals surface area contributed by atoms with Crippen LogP contribution >= 0.6 is 0 Å². The fourth-order valence-electron chi connectivity index (χ4n) is 3.76. The van der Waals surface area contributed by atoms with E-state index in [-0.39, 0.29) is 5.75 Å². The molecule has 1 nitrogen and oxygen atoms in total. The van der Waals surface area contributed by atoms with Crippen molar-refractivity contribution >= 4 is 0 Å². The summed E-state index contributed by atoms with van der Waals surface area (Å²) in [7, 11) is 0. The highest BCUT2D eigenvalue weighted by Gasteiger charge is 2.18. The van der Waals surface area contributed by atoms with Gasteiger partial charge in [0.05, 0.1) is 6.61 Å². The van der Waals surface area contributed by atoms with E-state index < -0.39 is 11.6 Å². The van der Waals surface area contributed by atoms with E-state index in [1.54, 1.807) is 12.1 Å². The molecule has 2 saturated carbocycles. The third-order valence-corrected chi connectivity index (χ3v) is 5.22. The molecule has 2 aliphatic rings. The Morgan fingerprint density at radius 1 is 0.957 bits per heavy atom. The van der Waals surface area contributed by atoms with Crippen LogP contribution in [0.4, 0.5) is 8.78 Å². The van der Waals surface area contributed by atoms with Gasteiger partial charge in [0.2, 0.25) is 5.82 Å². The zero-order chi connectivity index (χ0) is 16.1. The van der Waals surface area contributed by atoms with Gasteiger partial charge in [-0.2, -0.15) is 4.39 Å². The number of hydrogen-bond donors (Lipinski definition) is 0. The summed E-state index contributed by atoms with van der Waals surface area (Å²) in [6, 6.07) is 3.23. The lowest BCUT2D eigenvalue weighted by atomic mass is 10.1. The molecular weight excluding hydrogens is 294 g/mol. The van der Waals surface area contributed by atoms with E-state index in [2.05, 4.69) is 6.08 Å². The summed E-state index contributed by atoms with van der Waals surface area (Å²) in [6.45, 7) is 0.497. The molecule has 0 aliphatic heterocycles. The fourth-order valence-corrected chi connectivity index (χ4v) is 3.76. The van der Waals surface area contributed by atoms with Crippen LogP contribution in [0.3, 0.4) is 0 Å². The van der Waals surface area contributed by atoms with E-state index in [1.807, 2.05) is 6.08 Å². The predicted molar refractivity (Wildman–Crippen MR) is 88.6 cm³/mol. The Balaban J connectivity index is 1.57. The Morgan fingerprint density at radius 2 is 1.65 bits per heavy atom. The first-order valence-corrected chi connectivity index (χ1v) is 9.00. The van der Waals surface area contributed by atoms with Crippen LogP contribution in [0.1, 0.15) is 56.9 Å². The fraction of sp³-hybridized carbons (Fsp3) is 0.600. The first kappa shape index (κ1) is 16.5. The Kier molecular flexibility index (Phi) is 5.69. The Morgan fingerprint density at radius 3 is 2.39 bits per heavy atom. The molecule has 0 amide bonds. The number of benzene rings is 1. The molecule has 0 unspecified atom stereocenters. The number of allylic oxidation sites excluding steroid dienone is 2. The monoisotopic (exact) mass is 320 g/mol. The van der Waals surface area contributed by atoms with Crippen molar-refractivity contribution in [3.05, 3.63) is 41.5 Å². The number of ether oxygens (including phenoxy) is 1. The summed E-state index contributed by atoms with van der Waals surface area (Å²) in [5, 5.41) is 0. The molecule has 2 aliphatic carbocycles. The molecule has 1 aromatic rings. The van der Waals surface area contributed by atoms with Gasteiger partial charge in [-0.3, -0.25) is 0 Å². The lowest BCUT2D eigenvalue weighted by Crippen LogP contribution is -2.10. The van der Waals surface area contributed by atoms with Crippen LogP contribution in [0.15, 0.2) is 24.3 Å². The first-order valence-electron chi connectivity index (χ1n) is 9.00. The van der Waals surface area contributed by atoms with Gasteiger partial charge in [-0.1, -0.05) is 43.9 Å². The van der Waals surface area contributed by atoms with Gasteiger partial charge in [0, 0.05) is 0 Å². The van der Waals surface area contributed by atoms with Crippen LogP contribution in [0, 0.1) is 23.5 Å². The van der Waals surface area contributed by atoms with E-state index in [9.17, 15) is 8.78 Å². The largest absolute Gasteiger partial charge is 0.490 e. The minimum absolute atomic E-state index is 0.0536. The second-order valence-corrected chi connectivity index (χ2v) is 6.99. The quantitative estimate of drug-likeness (QED) is 0.600. The zero-order valence-electron chi connectivity index (χ0n) is 13.7. The van der Waals surface area contributed by atoms with Gasteiger partial charge in [0.25, 0.3) is 0 Å². The number of hydrogen-bond acceptors (Lipinski definition) is 1. The molecular formula is C20H26F2O. The summed E-state index contributed by atoms with van der Waals surface area (Å²) >= 11 is 0. The molecule has 126 valence electrons. The van der Waals surface area contributed by atoms with Gasteiger partial charge in [-0.05, 0) is 55.6 Å². The minimum atomic E-state index is -0.838. The molecule has 0 heterocycles. The van der Waals surface area contributed by atoms with E-state index in [4.69, 9.17) is 4.74 Å². The topological polar surface area (TPSA) is 9.23 Å². The Bertz CT molecular complexity index is 541. The Hall–Kier alpha value is -1.38. The summed E-state index contributed by atoms with van der Waals surface area (Å²) < 4.78 is 33.8. The first-order chi connectivity index (χ1) is 11.2. The predicted octanol–water partition coefficient (Wildman–Crippen LogP) is 5.82. The van der Waals surface area contributed by atoms with Gasteiger partial charge >= 0.3 is 0 Å². The standard InChI is InChI=1S/C20H26F2O/c21-19-17(11-5-10-15-6-1-2-7-15)12-13-18(20(19)22)23-14-16-8-3-4-9-16/h5,10,12-13,15-16H,1-4,6-9,11,14H2/b10-5+. The second kappa shape index (κ2) is 7.94. The minimum Gasteiger partial charge on any atom is -0.490 e. The van der Waals surface area contributed by atoms with Crippen molar-refractivity contribution in [2.75, 3.05) is 6.61 Å². The number of rotatable bonds is 6. The molecule has 2 fully saturated rings. The van der Waals surface area contributed by atoms with Crippen LogP contribution in [0.2, 0.25) is 0 Å². The third kappa shape index (κ3) is 4.33. The van der Waals surface area contributed by atoms with Crippen molar-refractivity contribution in [2.24, 2.45) is 11.8 Å². The van der Waals surface area contributed by atoms with Gasteiger partial charge in [0.1, 0.15) is 0 Å². The molecule has 3 heteroatoms. The van der Waals surface area contributed by atoms with Gasteiger partial charge in [-0.15, -0.1) is 0 Å². The van der Waals surface area contributed by atoms with E-state index in [1.165, 1.54) is 38.5 Å². The molecule has 3 rings (SSSR count). The van der Waals surface area contributed by atoms with Crippen molar-refractivity contribution in [3.8, 4) is 5.75 Å². The highest BCUT2D eigenvalue weighted by Crippen LogP contribution is 2.29. The molecule has 0 bridgehead atoms. The van der Waals surface area contributed by atoms with Crippen LogP contribution in [-0.4, -0.2) is 6.61 Å². The van der Waals surface area contributed by atoms with Crippen molar-refractivity contribution in [1.29, 1.82) is 0 Å². The second-order valence-electron chi connectivity index (χ2n) is 6.99. The van der Waals surface area contributed by atoms with Crippen LogP contribution in [0.25, 0.3) is 0 Å². The highest BCUT2D eigenvalue weighted by atomic mass is 19.2. The van der Waals surface area contributed by atoms with Crippen LogP contribution in [-0.2, 0) is 6.42 Å². The third-order valence-electron chi connectivity index (χ3n) is 5.22. The van der Waals surface area contributed by atoms with E-state index in [0.29, 0.717) is 30.4 Å². The molecule has 1 aromatic carbocycles. The molecule has 0 radical (unpaired) electrons. The van der Waals surface area contributed by atoms with Crippen LogP contribution in [0.5, 0.6) is 5.75 Å². The smallest absolute Gasteiger partial charge is 0.200 e. The average Bonchev–Trinajstić information content (AvgIpc) is 3.24. The van der Waals surface area contributed by atoms with Gasteiger partial charge in [-0.25, -0.2) is 4.39 Å². The Labute approximate surface area is 137 Å². The molecule has 0 N–H and O–H groups in total. The molecule has 0 spiro atoms. The van der Waals surface area contributed by atoms with Gasteiger partial charge < -0.3 is 4.74 Å². The lowest BCUT2D eigenvalue weighted by Gasteiger charge is -2.13. The van der Waals surface area contributed by atoms with Crippen molar-refractivity contribution in [3.63, 3.8) is 0 Å². The maximum Gasteiger partial charge on any atom is 0.200 e. The highest BCUT2D eigenvalue weighted by molar-refractivity contribution is 5.32. The SMILES string of the molecule is Fc1c(C/C=C/C2CCCC2)ccc(OCC2CCCC2)c1F. The molecule has 23 heavy (non-hydrogen) atoms. The summed E-state index contributed by atoms with van der Waals surface area (Å²) in [5.41, 5.74) is 0.407. The maximum absolute atomic E-state index is 14.2. The molecule has 0 saturated heterocycles. The van der Waals surface area contributed by atoms with Crippen molar-refractivity contribution in [2.45, 2.75) is 57.8 Å². The van der Waals surface area contributed by atoms with Crippen molar-refractivity contribution < 1.29 is 13.5 Å². The van der Waals surface area contributed by atoms with Gasteiger partial charge in [0.15, 0.2) is 11.6 Å². The zero-order valence-corrected chi connectivity index (χ0v) is 13.7. The van der Waals surface area contributed by atoms with Crippen LogP contribution < -0.4 is 4.74 Å². The average molecular weight is 320 g/mol. The van der Waals surface area contributed by atoms with E-state index in [0.717, 1.165) is 12.8 Å². The number of halogens is 2. The molecule has 0 atom stereocenters. The van der Waals surface area contributed by atoms with E-state index >= 15 is 0 Å².